The number of carboxylic acid groups (broad SMARTS) is 1. The monoisotopic (exact) mass is 292 g/mol. The number of urea groups is 1. The summed E-state index contributed by atoms with van der Waals surface area (Å²) in [5, 5.41) is 12.0. The third kappa shape index (κ3) is 3.72. The summed E-state index contributed by atoms with van der Waals surface area (Å²) in [7, 11) is 0. The van der Waals surface area contributed by atoms with Gasteiger partial charge in [-0.2, -0.15) is 0 Å². The SMILES string of the molecule is CCN(C(=O)NCc1ccccc1)C1COCC1C(=O)O. The van der Waals surface area contributed by atoms with Crippen molar-refractivity contribution in [2.45, 2.75) is 19.5 Å². The molecule has 21 heavy (non-hydrogen) atoms. The third-order valence-corrected chi connectivity index (χ3v) is 3.66. The van der Waals surface area contributed by atoms with Crippen LogP contribution in [0.4, 0.5) is 4.79 Å². The van der Waals surface area contributed by atoms with Crippen molar-refractivity contribution in [2.24, 2.45) is 5.92 Å². The molecule has 2 rings (SSSR count). The number of aliphatic carboxylic acids is 1. The zero-order valence-electron chi connectivity index (χ0n) is 12.0. The Balaban J connectivity index is 1.97. The van der Waals surface area contributed by atoms with E-state index in [1.54, 1.807) is 0 Å². The van der Waals surface area contributed by atoms with Gasteiger partial charge in [-0.15, -0.1) is 0 Å². The maximum absolute atomic E-state index is 12.3. The van der Waals surface area contributed by atoms with E-state index in [4.69, 9.17) is 4.74 Å². The number of hydrogen-bond donors (Lipinski definition) is 2. The quantitative estimate of drug-likeness (QED) is 0.858. The average Bonchev–Trinajstić information content (AvgIpc) is 2.96. The molecule has 2 amide bonds. The number of benzene rings is 1. The minimum atomic E-state index is -0.924. The Morgan fingerprint density at radius 1 is 1.33 bits per heavy atom. The lowest BCUT2D eigenvalue weighted by Gasteiger charge is -2.29. The molecule has 2 unspecified atom stereocenters. The van der Waals surface area contributed by atoms with Crippen LogP contribution in [0.25, 0.3) is 0 Å². The lowest BCUT2D eigenvalue weighted by Crippen LogP contribution is -2.50. The number of amides is 2. The van der Waals surface area contributed by atoms with Crippen molar-refractivity contribution in [1.29, 1.82) is 0 Å². The average molecular weight is 292 g/mol. The summed E-state index contributed by atoms with van der Waals surface area (Å²) in [4.78, 5) is 25.0. The fourth-order valence-corrected chi connectivity index (χ4v) is 2.49. The Labute approximate surface area is 123 Å². The molecule has 0 bridgehead atoms. The summed E-state index contributed by atoms with van der Waals surface area (Å²) in [6.07, 6.45) is 0. The van der Waals surface area contributed by atoms with E-state index >= 15 is 0 Å². The molecule has 6 heteroatoms. The van der Waals surface area contributed by atoms with Crippen molar-refractivity contribution in [3.63, 3.8) is 0 Å². The van der Waals surface area contributed by atoms with Crippen molar-refractivity contribution in [1.82, 2.24) is 10.2 Å². The van der Waals surface area contributed by atoms with Crippen molar-refractivity contribution in [3.05, 3.63) is 35.9 Å². The second kappa shape index (κ2) is 7.08. The van der Waals surface area contributed by atoms with Crippen LogP contribution in [-0.2, 0) is 16.1 Å². The minimum absolute atomic E-state index is 0.155. The van der Waals surface area contributed by atoms with Crippen LogP contribution in [0.2, 0.25) is 0 Å². The van der Waals surface area contributed by atoms with E-state index in [0.29, 0.717) is 13.1 Å². The van der Waals surface area contributed by atoms with E-state index < -0.39 is 17.9 Å². The topological polar surface area (TPSA) is 78.9 Å². The first-order chi connectivity index (χ1) is 10.1. The molecule has 0 radical (unpaired) electrons. The Hall–Kier alpha value is -2.08. The standard InChI is InChI=1S/C15H20N2O4/c1-2-17(13-10-21-9-12(13)14(18)19)15(20)16-8-11-6-4-3-5-7-11/h3-7,12-13H,2,8-10H2,1H3,(H,16,20)(H,18,19). The number of ether oxygens (including phenoxy) is 1. The highest BCUT2D eigenvalue weighted by Crippen LogP contribution is 2.20. The molecule has 1 aromatic carbocycles. The first-order valence-corrected chi connectivity index (χ1v) is 7.02. The van der Waals surface area contributed by atoms with Gasteiger partial charge >= 0.3 is 12.0 Å². The third-order valence-electron chi connectivity index (χ3n) is 3.66. The van der Waals surface area contributed by atoms with Crippen molar-refractivity contribution >= 4 is 12.0 Å². The van der Waals surface area contributed by atoms with Crippen LogP contribution in [0.1, 0.15) is 12.5 Å². The van der Waals surface area contributed by atoms with Crippen LogP contribution in [0.15, 0.2) is 30.3 Å². The Morgan fingerprint density at radius 3 is 2.67 bits per heavy atom. The van der Waals surface area contributed by atoms with Gasteiger partial charge in [0.05, 0.1) is 19.3 Å². The predicted molar refractivity (Wildman–Crippen MR) is 76.8 cm³/mol. The summed E-state index contributed by atoms with van der Waals surface area (Å²) in [5.41, 5.74) is 0.999. The summed E-state index contributed by atoms with van der Waals surface area (Å²) < 4.78 is 5.22. The van der Waals surface area contributed by atoms with Crippen LogP contribution >= 0.6 is 0 Å². The van der Waals surface area contributed by atoms with E-state index in [1.165, 1.54) is 4.90 Å². The van der Waals surface area contributed by atoms with Crippen LogP contribution in [0.5, 0.6) is 0 Å². The van der Waals surface area contributed by atoms with Gasteiger partial charge in [0, 0.05) is 13.1 Å². The Morgan fingerprint density at radius 2 is 2.05 bits per heavy atom. The lowest BCUT2D eigenvalue weighted by atomic mass is 10.0. The molecule has 0 saturated carbocycles. The number of nitrogens with one attached hydrogen (secondary N) is 1. The molecular formula is C15H20N2O4. The van der Waals surface area contributed by atoms with E-state index in [-0.39, 0.29) is 19.2 Å². The second-order valence-electron chi connectivity index (χ2n) is 4.98. The van der Waals surface area contributed by atoms with Crippen LogP contribution in [0.3, 0.4) is 0 Å². The smallest absolute Gasteiger partial charge is 0.318 e. The number of hydrogen-bond acceptors (Lipinski definition) is 3. The number of rotatable bonds is 5. The lowest BCUT2D eigenvalue weighted by molar-refractivity contribution is -0.142. The Bertz CT molecular complexity index is 492. The first-order valence-electron chi connectivity index (χ1n) is 7.02. The predicted octanol–water partition coefficient (Wildman–Crippen LogP) is 1.32. The molecule has 0 spiro atoms. The minimum Gasteiger partial charge on any atom is -0.481 e. The molecule has 2 atom stereocenters. The van der Waals surface area contributed by atoms with E-state index in [2.05, 4.69) is 5.32 Å². The van der Waals surface area contributed by atoms with Gasteiger partial charge in [-0.1, -0.05) is 30.3 Å². The molecule has 1 aromatic rings. The molecule has 1 aliphatic rings. The molecular weight excluding hydrogens is 272 g/mol. The maximum Gasteiger partial charge on any atom is 0.318 e. The second-order valence-corrected chi connectivity index (χ2v) is 4.98. The van der Waals surface area contributed by atoms with Crippen molar-refractivity contribution in [3.8, 4) is 0 Å². The highest BCUT2D eigenvalue weighted by molar-refractivity contribution is 5.77. The van der Waals surface area contributed by atoms with Gasteiger partial charge in [-0.3, -0.25) is 4.79 Å². The molecule has 1 saturated heterocycles. The molecule has 2 N–H and O–H groups in total. The molecule has 1 fully saturated rings. The first kappa shape index (κ1) is 15.3. The van der Waals surface area contributed by atoms with Crippen LogP contribution in [0, 0.1) is 5.92 Å². The summed E-state index contributed by atoms with van der Waals surface area (Å²) in [6.45, 7) is 3.12. The van der Waals surface area contributed by atoms with Gasteiger partial charge in [-0.25, -0.2) is 4.79 Å². The molecule has 0 aromatic heterocycles. The van der Waals surface area contributed by atoms with E-state index in [0.717, 1.165) is 5.56 Å². The van der Waals surface area contributed by atoms with Gasteiger partial charge in [0.25, 0.3) is 0 Å². The largest absolute Gasteiger partial charge is 0.481 e. The summed E-state index contributed by atoms with van der Waals surface area (Å²) >= 11 is 0. The summed E-state index contributed by atoms with van der Waals surface area (Å²) in [6, 6.07) is 8.90. The maximum atomic E-state index is 12.3. The van der Waals surface area contributed by atoms with Gasteiger partial charge in [0.2, 0.25) is 0 Å². The highest BCUT2D eigenvalue weighted by Gasteiger charge is 2.39. The number of carbonyl (C=O) groups is 2. The summed E-state index contributed by atoms with van der Waals surface area (Å²) in [5.74, 6) is -1.58. The number of carbonyl (C=O) groups excluding carboxylic acids is 1. The van der Waals surface area contributed by atoms with Crippen molar-refractivity contribution < 1.29 is 19.4 Å². The van der Waals surface area contributed by atoms with E-state index in [1.807, 2.05) is 37.3 Å². The molecule has 1 heterocycles. The zero-order valence-corrected chi connectivity index (χ0v) is 12.0. The van der Waals surface area contributed by atoms with Gasteiger partial charge in [0.1, 0.15) is 5.92 Å². The molecule has 1 aliphatic heterocycles. The molecule has 6 nitrogen and oxygen atoms in total. The zero-order chi connectivity index (χ0) is 15.2. The fourth-order valence-electron chi connectivity index (χ4n) is 2.49. The van der Waals surface area contributed by atoms with E-state index in [9.17, 15) is 14.7 Å². The van der Waals surface area contributed by atoms with Gasteiger partial charge in [0.15, 0.2) is 0 Å². The highest BCUT2D eigenvalue weighted by atomic mass is 16.5. The van der Waals surface area contributed by atoms with Gasteiger partial charge in [-0.05, 0) is 12.5 Å². The van der Waals surface area contributed by atoms with Gasteiger partial charge < -0.3 is 20.1 Å². The molecule has 0 aliphatic carbocycles. The number of carboxylic acids is 1. The fraction of sp³-hybridized carbons (Fsp3) is 0.467. The number of nitrogens with zero attached hydrogens (tertiary/aromatic N) is 1. The van der Waals surface area contributed by atoms with Crippen molar-refractivity contribution in [2.75, 3.05) is 19.8 Å². The van der Waals surface area contributed by atoms with Crippen LogP contribution < -0.4 is 5.32 Å². The Kier molecular flexibility index (Phi) is 5.16. The molecule has 114 valence electrons. The normalized spacial score (nSPS) is 21.0. The van der Waals surface area contributed by atoms with Crippen LogP contribution in [-0.4, -0.2) is 47.8 Å². The number of likely N-dealkylation sites (N-methyl/N-ethyl adjacent to an activating group) is 1.